The van der Waals surface area contributed by atoms with Gasteiger partial charge in [0.15, 0.2) is 11.1 Å². The molecule has 2 heterocycles. The Labute approximate surface area is 358 Å². The Morgan fingerprint density at radius 3 is 2.34 bits per heavy atom. The van der Waals surface area contributed by atoms with E-state index in [1.807, 2.05) is 71.0 Å². The van der Waals surface area contributed by atoms with Gasteiger partial charge in [0.05, 0.1) is 17.2 Å². The number of carboxylic acids is 1. The van der Waals surface area contributed by atoms with E-state index in [-0.39, 0.29) is 23.8 Å². The van der Waals surface area contributed by atoms with Gasteiger partial charge in [-0.3, -0.25) is 9.37 Å². The van der Waals surface area contributed by atoms with Gasteiger partial charge in [-0.1, -0.05) is 93.4 Å². The van der Waals surface area contributed by atoms with E-state index < -0.39 is 37.2 Å². The minimum atomic E-state index is -4.02. The van der Waals surface area contributed by atoms with Crippen LogP contribution in [0.25, 0.3) is 21.5 Å². The van der Waals surface area contributed by atoms with Gasteiger partial charge in [0.2, 0.25) is 5.91 Å². The molecule has 1 atom stereocenters. The van der Waals surface area contributed by atoms with Gasteiger partial charge in [0.1, 0.15) is 17.6 Å². The lowest BCUT2D eigenvalue weighted by molar-refractivity contribution is -0.405. The fraction of sp³-hybridized carbons (Fsp3) is 0.250. The van der Waals surface area contributed by atoms with Crippen LogP contribution < -0.4 is 10.2 Å². The second kappa shape index (κ2) is 15.6. The summed E-state index contributed by atoms with van der Waals surface area (Å²) >= 11 is -2.22. The molecule has 5 aromatic rings. The zero-order chi connectivity index (χ0) is 44.3. The molecule has 4 N–H and O–H groups in total. The summed E-state index contributed by atoms with van der Waals surface area (Å²) in [6, 6.07) is 26.4. The summed E-state index contributed by atoms with van der Waals surface area (Å²) in [4.78, 5) is 27.1. The van der Waals surface area contributed by atoms with Gasteiger partial charge < -0.3 is 19.9 Å². The summed E-state index contributed by atoms with van der Waals surface area (Å²) < 4.78 is 43.4. The number of anilines is 2. The summed E-state index contributed by atoms with van der Waals surface area (Å²) in [5.41, 5.74) is 5.59. The van der Waals surface area contributed by atoms with Crippen LogP contribution in [0.5, 0.6) is 0 Å². The number of hydrogen-bond acceptors (Lipinski definition) is 7. The third-order valence-electron chi connectivity index (χ3n) is 11.7. The Morgan fingerprint density at radius 2 is 1.67 bits per heavy atom. The summed E-state index contributed by atoms with van der Waals surface area (Å²) in [5, 5.41) is 25.8. The molecule has 0 bridgehead atoms. The number of rotatable bonds is 12. The van der Waals surface area contributed by atoms with Crippen LogP contribution in [-0.4, -0.2) is 64.9 Å². The highest BCUT2D eigenvalue weighted by Crippen LogP contribution is 2.53. The SMILES string of the molecule is C=[N+]1c2ccc3cccc(S(=O)O)c3c2C(C)(C)[C-]1C=CC(=CC=C1N(CS(C)(C)(=O)OO)c2ccc3cc(C)ccc3c2C1(C)C)CCC(=O)Nc1ccc(C(=O)O)cc1. The van der Waals surface area contributed by atoms with Crippen molar-refractivity contribution in [3.05, 3.63) is 149 Å². The Hall–Kier alpha value is -5.70. The van der Waals surface area contributed by atoms with E-state index in [9.17, 15) is 32.9 Å². The highest BCUT2D eigenvalue weighted by atomic mass is 32.3. The molecule has 5 aromatic carbocycles. The Kier molecular flexibility index (Phi) is 11.1. The molecule has 13 heteroatoms. The number of aromatic carboxylic acids is 1. The minimum absolute atomic E-state index is 0.0824. The van der Waals surface area contributed by atoms with E-state index >= 15 is 0 Å². The van der Waals surface area contributed by atoms with Crippen molar-refractivity contribution in [2.75, 3.05) is 28.6 Å². The first-order valence-corrected chi connectivity index (χ1v) is 23.7. The highest BCUT2D eigenvalue weighted by Gasteiger charge is 2.45. The average Bonchev–Trinajstić information content (AvgIpc) is 3.53. The van der Waals surface area contributed by atoms with Crippen LogP contribution in [0.1, 0.15) is 67.6 Å². The van der Waals surface area contributed by atoms with Gasteiger partial charge in [-0.05, 0) is 89.2 Å². The van der Waals surface area contributed by atoms with Crippen molar-refractivity contribution in [3.63, 3.8) is 0 Å². The van der Waals surface area contributed by atoms with E-state index in [0.29, 0.717) is 22.4 Å². The number of carboxylic acid groups (broad SMARTS) is 1. The van der Waals surface area contributed by atoms with Crippen molar-refractivity contribution in [2.24, 2.45) is 0 Å². The van der Waals surface area contributed by atoms with Crippen molar-refractivity contribution >= 4 is 77.6 Å². The third-order valence-corrected chi connectivity index (χ3v) is 13.9. The standard InChI is InChI=1S/C48H51N3O8S2/c1-30-12-22-36-34(28-30)19-24-38-44(36)48(4,5)41(51(38)29-61(7,8,58)59-55)26-14-31(15-27-42(52)49-35-20-16-33(17-21-35)46(53)54)13-25-40-47(2,3)45-37(50(40)6)23-18-32-10-9-11-39(43(32)45)60(56)57/h9-14,16-26,28,55H,6,15,27,29H2,1-5,7-8H3,(H,49,52)(H,53,54)(H,56,57). The second-order valence-corrected chi connectivity index (χ2v) is 22.7. The molecule has 0 aliphatic carbocycles. The third kappa shape index (κ3) is 8.23. The minimum Gasteiger partial charge on any atom is -0.478 e. The van der Waals surface area contributed by atoms with Crippen molar-refractivity contribution < 1.29 is 41.8 Å². The van der Waals surface area contributed by atoms with Crippen LogP contribution in [0, 0.1) is 13.0 Å². The van der Waals surface area contributed by atoms with Crippen molar-refractivity contribution in [1.82, 2.24) is 0 Å². The molecule has 0 aromatic heterocycles. The smallest absolute Gasteiger partial charge is 0.335 e. The maximum absolute atomic E-state index is 14.0. The van der Waals surface area contributed by atoms with E-state index in [1.54, 1.807) is 24.3 Å². The van der Waals surface area contributed by atoms with E-state index in [0.717, 1.165) is 61.5 Å². The molecule has 1 unspecified atom stereocenters. The van der Waals surface area contributed by atoms with Crippen LogP contribution in [-0.2, 0) is 40.4 Å². The molecule has 2 aliphatic heterocycles. The number of hydrogen-bond donors (Lipinski definition) is 4. The van der Waals surface area contributed by atoms with Gasteiger partial charge in [0, 0.05) is 52.2 Å². The van der Waals surface area contributed by atoms with E-state index in [2.05, 4.69) is 57.9 Å². The van der Waals surface area contributed by atoms with Gasteiger partial charge in [-0.15, -0.1) is 19.8 Å². The van der Waals surface area contributed by atoms with E-state index in [4.69, 9.17) is 4.33 Å². The monoisotopic (exact) mass is 861 g/mol. The molecule has 318 valence electrons. The number of nitrogens with one attached hydrogen (secondary N) is 1. The normalized spacial score (nSPS) is 17.8. The maximum atomic E-state index is 14.0. The van der Waals surface area contributed by atoms with Crippen molar-refractivity contribution in [2.45, 2.75) is 63.2 Å². The predicted octanol–water partition coefficient (Wildman–Crippen LogP) is 9.77. The molecule has 0 saturated heterocycles. The number of amides is 1. The van der Waals surface area contributed by atoms with E-state index in [1.165, 1.54) is 24.6 Å². The van der Waals surface area contributed by atoms with Gasteiger partial charge >= 0.3 is 5.97 Å². The summed E-state index contributed by atoms with van der Waals surface area (Å²) in [5.74, 6) is -1.46. The molecule has 2 aliphatic rings. The Balaban J connectivity index is 1.31. The lowest BCUT2D eigenvalue weighted by Crippen LogP contribution is -2.44. The first-order valence-electron chi connectivity index (χ1n) is 19.7. The van der Waals surface area contributed by atoms with Crippen LogP contribution in [0.2, 0.25) is 0 Å². The van der Waals surface area contributed by atoms with Gasteiger partial charge in [-0.25, -0.2) is 18.5 Å². The fourth-order valence-electron chi connectivity index (χ4n) is 8.74. The molecule has 0 radical (unpaired) electrons. The lowest BCUT2D eigenvalue weighted by Gasteiger charge is -2.41. The molecule has 0 saturated carbocycles. The number of aryl methyl sites for hydroxylation is 1. The van der Waals surface area contributed by atoms with Gasteiger partial charge in [-0.2, -0.15) is 0 Å². The number of allylic oxidation sites excluding steroid dienone is 5. The summed E-state index contributed by atoms with van der Waals surface area (Å²) in [6.45, 7) is 14.8. The molecule has 7 rings (SSSR count). The molecular weight excluding hydrogens is 811 g/mol. The average molecular weight is 862 g/mol. The van der Waals surface area contributed by atoms with Crippen LogP contribution in [0.3, 0.4) is 0 Å². The summed E-state index contributed by atoms with van der Waals surface area (Å²) in [6.07, 6.45) is 11.0. The number of benzene rings is 5. The Morgan fingerprint density at radius 1 is 0.967 bits per heavy atom. The number of nitrogens with zero attached hydrogens (tertiary/aromatic N) is 2. The molecule has 61 heavy (non-hydrogen) atoms. The molecule has 0 fully saturated rings. The number of carbonyl (C=O) groups is 2. The fourth-order valence-corrected chi connectivity index (χ4v) is 10.4. The zero-order valence-corrected chi connectivity index (χ0v) is 36.9. The Bertz CT molecular complexity index is 2850. The zero-order valence-electron chi connectivity index (χ0n) is 35.3. The second-order valence-electron chi connectivity index (χ2n) is 17.5. The number of carbonyl (C=O) groups excluding carboxylic acids is 1. The van der Waals surface area contributed by atoms with Crippen LogP contribution >= 0.6 is 0 Å². The summed E-state index contributed by atoms with van der Waals surface area (Å²) in [7, 11) is -4.02. The highest BCUT2D eigenvalue weighted by molar-refractivity contribution is 8.14. The van der Waals surface area contributed by atoms with Crippen LogP contribution in [0.15, 0.2) is 125 Å². The molecule has 0 spiro atoms. The lowest BCUT2D eigenvalue weighted by atomic mass is 9.78. The quantitative estimate of drug-likeness (QED) is 0.0240. The first kappa shape index (κ1) is 43.4. The molecular formula is C48H51N3O8S2. The number of fused-ring (bicyclic) bond motifs is 6. The largest absolute Gasteiger partial charge is 0.478 e. The predicted molar refractivity (Wildman–Crippen MR) is 246 cm³/mol. The topological polar surface area (TPSA) is 156 Å². The molecule has 1 amide bonds. The van der Waals surface area contributed by atoms with Crippen molar-refractivity contribution in [1.29, 1.82) is 0 Å². The first-order chi connectivity index (χ1) is 28.6. The van der Waals surface area contributed by atoms with Crippen LogP contribution in [0.4, 0.5) is 17.1 Å². The van der Waals surface area contributed by atoms with Crippen molar-refractivity contribution in [3.8, 4) is 0 Å². The van der Waals surface area contributed by atoms with Gasteiger partial charge in [0.25, 0.3) is 0 Å². The maximum Gasteiger partial charge on any atom is 0.335 e. The molecule has 11 nitrogen and oxygen atoms in total.